The van der Waals surface area contributed by atoms with E-state index in [2.05, 4.69) is 25.3 Å². The van der Waals surface area contributed by atoms with Gasteiger partial charge in [0.25, 0.3) is 0 Å². The van der Waals surface area contributed by atoms with Gasteiger partial charge in [-0.2, -0.15) is 15.1 Å². The molecule has 1 aliphatic heterocycles. The minimum Gasteiger partial charge on any atom is -0.395 e. The van der Waals surface area contributed by atoms with Crippen molar-refractivity contribution in [2.24, 2.45) is 7.05 Å². The Morgan fingerprint density at radius 2 is 2.27 bits per heavy atom. The Bertz CT molecular complexity index is 641. The molecule has 1 aliphatic rings. The van der Waals surface area contributed by atoms with Gasteiger partial charge in [0, 0.05) is 26.2 Å². The Hall–Kier alpha value is -1.93. The number of nitrogens with zero attached hydrogens (tertiary/aromatic N) is 5. The molecule has 0 aliphatic carbocycles. The van der Waals surface area contributed by atoms with E-state index in [1.807, 2.05) is 7.05 Å². The van der Waals surface area contributed by atoms with Gasteiger partial charge in [-0.25, -0.2) is 0 Å². The van der Waals surface area contributed by atoms with E-state index in [1.54, 1.807) is 10.9 Å². The number of aromatic nitrogens is 4. The Labute approximate surface area is 129 Å². The number of nitrogens with two attached hydrogens (primary N) is 1. The molecule has 0 saturated carbocycles. The van der Waals surface area contributed by atoms with E-state index in [0.717, 1.165) is 37.1 Å². The predicted molar refractivity (Wildman–Crippen MR) is 85.5 cm³/mol. The summed E-state index contributed by atoms with van der Waals surface area (Å²) in [6.07, 6.45) is 5.14. The molecule has 3 rings (SSSR count). The number of nitrogen functional groups attached to an aromatic ring is 1. The fourth-order valence-electron chi connectivity index (χ4n) is 3.00. The van der Waals surface area contributed by atoms with E-state index in [1.165, 1.54) is 12.8 Å². The van der Waals surface area contributed by atoms with Gasteiger partial charge < -0.3 is 16.2 Å². The molecule has 4 N–H and O–H groups in total. The molecule has 0 bridgehead atoms. The van der Waals surface area contributed by atoms with Gasteiger partial charge in [0.1, 0.15) is 5.82 Å². The molecular formula is C14H23N7O. The molecule has 0 spiro atoms. The third-order valence-corrected chi connectivity index (χ3v) is 4.26. The molecule has 1 fully saturated rings. The fraction of sp³-hybridized carbons (Fsp3) is 0.643. The van der Waals surface area contributed by atoms with E-state index >= 15 is 0 Å². The maximum atomic E-state index is 9.43. The van der Waals surface area contributed by atoms with Crippen LogP contribution in [0.5, 0.6) is 0 Å². The highest BCUT2D eigenvalue weighted by molar-refractivity contribution is 5.86. The van der Waals surface area contributed by atoms with Crippen molar-refractivity contribution in [1.29, 1.82) is 0 Å². The number of rotatable bonds is 5. The number of hydrogen-bond donors (Lipinski definition) is 3. The summed E-state index contributed by atoms with van der Waals surface area (Å²) in [5.41, 5.74) is 6.66. The summed E-state index contributed by atoms with van der Waals surface area (Å²) in [5.74, 6) is 0.956. The van der Waals surface area contributed by atoms with Crippen molar-refractivity contribution >= 4 is 22.8 Å². The zero-order chi connectivity index (χ0) is 15.5. The molecule has 2 aromatic rings. The molecule has 2 aromatic heterocycles. The van der Waals surface area contributed by atoms with Gasteiger partial charge in [-0.1, -0.05) is 6.42 Å². The summed E-state index contributed by atoms with van der Waals surface area (Å²) in [5, 5.41) is 17.6. The van der Waals surface area contributed by atoms with Crippen LogP contribution in [-0.4, -0.2) is 62.0 Å². The lowest BCUT2D eigenvalue weighted by molar-refractivity contribution is 0.0940. The van der Waals surface area contributed by atoms with Crippen LogP contribution in [0.25, 0.3) is 11.0 Å². The second-order valence-corrected chi connectivity index (χ2v) is 5.73. The molecule has 1 saturated heterocycles. The Morgan fingerprint density at radius 3 is 3.09 bits per heavy atom. The second-order valence-electron chi connectivity index (χ2n) is 5.73. The Morgan fingerprint density at radius 1 is 1.41 bits per heavy atom. The monoisotopic (exact) mass is 305 g/mol. The molecule has 0 amide bonds. The first-order valence-electron chi connectivity index (χ1n) is 7.73. The highest BCUT2D eigenvalue weighted by Crippen LogP contribution is 2.19. The molecule has 0 radical (unpaired) electrons. The van der Waals surface area contributed by atoms with Crippen molar-refractivity contribution < 1.29 is 5.11 Å². The van der Waals surface area contributed by atoms with Crippen molar-refractivity contribution in [2.45, 2.75) is 25.3 Å². The van der Waals surface area contributed by atoms with Gasteiger partial charge in [-0.3, -0.25) is 9.58 Å². The molecule has 1 unspecified atom stereocenters. The normalized spacial score (nSPS) is 19.6. The molecule has 8 nitrogen and oxygen atoms in total. The lowest BCUT2D eigenvalue weighted by Crippen LogP contribution is -2.44. The average molecular weight is 305 g/mol. The first-order chi connectivity index (χ1) is 10.7. The van der Waals surface area contributed by atoms with E-state index in [0.29, 0.717) is 11.8 Å². The van der Waals surface area contributed by atoms with Gasteiger partial charge >= 0.3 is 0 Å². The number of likely N-dealkylation sites (tertiary alicyclic amines) is 1. The average Bonchev–Trinajstić information content (AvgIpc) is 2.90. The number of aliphatic hydroxyl groups excluding tert-OH is 1. The van der Waals surface area contributed by atoms with Gasteiger partial charge in [0.05, 0.1) is 18.2 Å². The minimum absolute atomic E-state index is 0.227. The van der Waals surface area contributed by atoms with Crippen molar-refractivity contribution in [2.75, 3.05) is 37.3 Å². The minimum atomic E-state index is 0.227. The summed E-state index contributed by atoms with van der Waals surface area (Å²) < 4.78 is 1.69. The maximum Gasteiger partial charge on any atom is 0.226 e. The number of nitrogens with one attached hydrogen (secondary N) is 1. The summed E-state index contributed by atoms with van der Waals surface area (Å²) in [7, 11) is 1.83. The number of aryl methyl sites for hydroxylation is 1. The molecule has 22 heavy (non-hydrogen) atoms. The lowest BCUT2D eigenvalue weighted by Gasteiger charge is -2.34. The molecule has 8 heteroatoms. The summed E-state index contributed by atoms with van der Waals surface area (Å²) in [4.78, 5) is 11.0. The maximum absolute atomic E-state index is 9.43. The van der Waals surface area contributed by atoms with Crippen molar-refractivity contribution in [3.05, 3.63) is 6.20 Å². The smallest absolute Gasteiger partial charge is 0.226 e. The van der Waals surface area contributed by atoms with Crippen LogP contribution >= 0.6 is 0 Å². The van der Waals surface area contributed by atoms with Crippen LogP contribution < -0.4 is 11.1 Å². The number of piperidine rings is 1. The Kier molecular flexibility index (Phi) is 4.39. The van der Waals surface area contributed by atoms with Crippen molar-refractivity contribution in [3.8, 4) is 0 Å². The SMILES string of the molecule is Cn1ncc2c(N)nc(NCCN3CCCCC3CO)nc21. The molecule has 3 heterocycles. The van der Waals surface area contributed by atoms with E-state index in [4.69, 9.17) is 5.73 Å². The Balaban J connectivity index is 1.62. The highest BCUT2D eigenvalue weighted by atomic mass is 16.3. The van der Waals surface area contributed by atoms with Crippen molar-refractivity contribution in [3.63, 3.8) is 0 Å². The van der Waals surface area contributed by atoms with Gasteiger partial charge in [-0.05, 0) is 19.4 Å². The van der Waals surface area contributed by atoms with E-state index < -0.39 is 0 Å². The largest absolute Gasteiger partial charge is 0.395 e. The molecule has 120 valence electrons. The summed E-state index contributed by atoms with van der Waals surface area (Å²) in [6, 6.07) is 0.279. The zero-order valence-corrected chi connectivity index (χ0v) is 12.9. The lowest BCUT2D eigenvalue weighted by atomic mass is 10.0. The molecule has 0 aromatic carbocycles. The van der Waals surface area contributed by atoms with Crippen LogP contribution in [0.3, 0.4) is 0 Å². The zero-order valence-electron chi connectivity index (χ0n) is 12.9. The summed E-state index contributed by atoms with van der Waals surface area (Å²) in [6.45, 7) is 2.85. The number of hydrogen-bond acceptors (Lipinski definition) is 7. The second kappa shape index (κ2) is 6.45. The topological polar surface area (TPSA) is 105 Å². The van der Waals surface area contributed by atoms with E-state index in [9.17, 15) is 5.11 Å². The van der Waals surface area contributed by atoms with Gasteiger partial charge in [0.2, 0.25) is 5.95 Å². The third kappa shape index (κ3) is 2.97. The van der Waals surface area contributed by atoms with Crippen LogP contribution in [0.4, 0.5) is 11.8 Å². The van der Waals surface area contributed by atoms with E-state index in [-0.39, 0.29) is 12.6 Å². The third-order valence-electron chi connectivity index (χ3n) is 4.26. The summed E-state index contributed by atoms with van der Waals surface area (Å²) >= 11 is 0. The van der Waals surface area contributed by atoms with Crippen LogP contribution in [0.2, 0.25) is 0 Å². The first-order valence-corrected chi connectivity index (χ1v) is 7.73. The van der Waals surface area contributed by atoms with Gasteiger partial charge in [-0.15, -0.1) is 0 Å². The first kappa shape index (κ1) is 15.0. The predicted octanol–water partition coefficient (Wildman–Crippen LogP) is 0.204. The highest BCUT2D eigenvalue weighted by Gasteiger charge is 2.20. The van der Waals surface area contributed by atoms with Gasteiger partial charge in [0.15, 0.2) is 5.65 Å². The number of aliphatic hydroxyl groups is 1. The fourth-order valence-corrected chi connectivity index (χ4v) is 3.00. The molecule has 1 atom stereocenters. The van der Waals surface area contributed by atoms with Crippen molar-refractivity contribution in [1.82, 2.24) is 24.6 Å². The quantitative estimate of drug-likeness (QED) is 0.725. The standard InChI is InChI=1S/C14H23N7O/c1-20-13-11(8-17-20)12(15)18-14(19-13)16-5-7-21-6-3-2-4-10(21)9-22/h8,10,22H,2-7,9H2,1H3,(H3,15,16,18,19). The number of anilines is 2. The van der Waals surface area contributed by atoms with Crippen LogP contribution in [0.1, 0.15) is 19.3 Å². The molecular weight excluding hydrogens is 282 g/mol. The van der Waals surface area contributed by atoms with Crippen LogP contribution in [-0.2, 0) is 7.05 Å². The van der Waals surface area contributed by atoms with Crippen LogP contribution in [0, 0.1) is 0 Å². The number of fused-ring (bicyclic) bond motifs is 1. The van der Waals surface area contributed by atoms with Crippen LogP contribution in [0.15, 0.2) is 6.20 Å².